The van der Waals surface area contributed by atoms with Crippen LogP contribution in [0.2, 0.25) is 0 Å². The standard InChI is InChI=1S/C9H20N2O3/c1-3-8(9(10)11)14-7-6-13-5-4-12-2/h8H,3-7H2,1-2H3,(H3,10,11). The molecule has 0 saturated carbocycles. The van der Waals surface area contributed by atoms with Gasteiger partial charge in [-0.15, -0.1) is 0 Å². The van der Waals surface area contributed by atoms with Crippen molar-refractivity contribution in [2.45, 2.75) is 19.4 Å². The van der Waals surface area contributed by atoms with Crippen LogP contribution in [0.5, 0.6) is 0 Å². The molecule has 0 aliphatic heterocycles. The van der Waals surface area contributed by atoms with Crippen molar-refractivity contribution in [2.75, 3.05) is 33.5 Å². The number of hydrogen-bond donors (Lipinski definition) is 2. The Labute approximate surface area is 85.0 Å². The maximum atomic E-state index is 7.19. The molecular formula is C9H20N2O3. The third-order valence-corrected chi connectivity index (χ3v) is 1.70. The smallest absolute Gasteiger partial charge is 0.120 e. The Balaban J connectivity index is 3.29. The molecule has 5 heteroatoms. The van der Waals surface area contributed by atoms with Crippen LogP contribution in [0.4, 0.5) is 0 Å². The molecule has 0 amide bonds. The second kappa shape index (κ2) is 8.93. The van der Waals surface area contributed by atoms with Gasteiger partial charge in [-0.05, 0) is 6.42 Å². The Morgan fingerprint density at radius 2 is 1.93 bits per heavy atom. The van der Waals surface area contributed by atoms with E-state index in [0.29, 0.717) is 32.8 Å². The van der Waals surface area contributed by atoms with E-state index in [2.05, 4.69) is 0 Å². The molecule has 0 heterocycles. The molecule has 5 nitrogen and oxygen atoms in total. The summed E-state index contributed by atoms with van der Waals surface area (Å²) in [6.07, 6.45) is 0.439. The SMILES string of the molecule is CCC(OCCOCCOC)C(=N)N. The van der Waals surface area contributed by atoms with Crippen molar-refractivity contribution >= 4 is 5.84 Å². The minimum Gasteiger partial charge on any atom is -0.385 e. The van der Waals surface area contributed by atoms with Gasteiger partial charge >= 0.3 is 0 Å². The number of rotatable bonds is 9. The third-order valence-electron chi connectivity index (χ3n) is 1.70. The molecule has 0 aliphatic carbocycles. The average molecular weight is 204 g/mol. The molecule has 3 N–H and O–H groups in total. The maximum Gasteiger partial charge on any atom is 0.120 e. The molecule has 0 aromatic heterocycles. The lowest BCUT2D eigenvalue weighted by Crippen LogP contribution is -2.31. The predicted octanol–water partition coefficient (Wildman–Crippen LogP) is 0.381. The Morgan fingerprint density at radius 1 is 1.29 bits per heavy atom. The quantitative estimate of drug-likeness (QED) is 0.323. The van der Waals surface area contributed by atoms with Crippen LogP contribution in [0.15, 0.2) is 0 Å². The van der Waals surface area contributed by atoms with Gasteiger partial charge in [-0.25, -0.2) is 0 Å². The molecule has 0 fully saturated rings. The van der Waals surface area contributed by atoms with Crippen molar-refractivity contribution in [3.63, 3.8) is 0 Å². The van der Waals surface area contributed by atoms with Crippen LogP contribution in [-0.2, 0) is 14.2 Å². The van der Waals surface area contributed by atoms with Crippen molar-refractivity contribution in [1.29, 1.82) is 5.41 Å². The minimum atomic E-state index is -0.277. The van der Waals surface area contributed by atoms with Crippen molar-refractivity contribution in [1.82, 2.24) is 0 Å². The van der Waals surface area contributed by atoms with Gasteiger partial charge in [0.05, 0.1) is 26.4 Å². The van der Waals surface area contributed by atoms with E-state index in [9.17, 15) is 0 Å². The molecule has 84 valence electrons. The van der Waals surface area contributed by atoms with Crippen molar-refractivity contribution < 1.29 is 14.2 Å². The summed E-state index contributed by atoms with van der Waals surface area (Å²) in [5.74, 6) is 0.0735. The Bertz CT molecular complexity index is 153. The highest BCUT2D eigenvalue weighted by molar-refractivity contribution is 5.81. The number of nitrogens with one attached hydrogen (secondary N) is 1. The Hall–Kier alpha value is -0.650. The maximum absolute atomic E-state index is 7.19. The first kappa shape index (κ1) is 13.4. The van der Waals surface area contributed by atoms with Crippen molar-refractivity contribution in [3.8, 4) is 0 Å². The molecule has 0 aromatic carbocycles. The topological polar surface area (TPSA) is 77.6 Å². The van der Waals surface area contributed by atoms with Gasteiger partial charge < -0.3 is 19.9 Å². The molecule has 1 atom stereocenters. The van der Waals surface area contributed by atoms with Crippen LogP contribution in [0, 0.1) is 5.41 Å². The summed E-state index contributed by atoms with van der Waals surface area (Å²) in [4.78, 5) is 0. The van der Waals surface area contributed by atoms with E-state index in [1.807, 2.05) is 6.92 Å². The number of amidine groups is 1. The second-order valence-electron chi connectivity index (χ2n) is 2.83. The summed E-state index contributed by atoms with van der Waals surface area (Å²) in [5.41, 5.74) is 5.31. The fraction of sp³-hybridized carbons (Fsp3) is 0.889. The average Bonchev–Trinajstić information content (AvgIpc) is 2.16. The van der Waals surface area contributed by atoms with Gasteiger partial charge in [0.2, 0.25) is 0 Å². The molecule has 1 unspecified atom stereocenters. The molecule has 0 radical (unpaired) electrons. The summed E-state index contributed by atoms with van der Waals surface area (Å²) < 4.78 is 15.3. The van der Waals surface area contributed by atoms with E-state index in [1.165, 1.54) is 0 Å². The van der Waals surface area contributed by atoms with Crippen LogP contribution in [0.25, 0.3) is 0 Å². The van der Waals surface area contributed by atoms with E-state index in [-0.39, 0.29) is 11.9 Å². The van der Waals surface area contributed by atoms with Gasteiger partial charge in [0.25, 0.3) is 0 Å². The van der Waals surface area contributed by atoms with Gasteiger partial charge in [-0.3, -0.25) is 5.41 Å². The van der Waals surface area contributed by atoms with Gasteiger partial charge in [0.1, 0.15) is 11.9 Å². The number of ether oxygens (including phenoxy) is 3. The number of methoxy groups -OCH3 is 1. The molecule has 0 saturated heterocycles. The van der Waals surface area contributed by atoms with Crippen LogP contribution < -0.4 is 5.73 Å². The molecule has 0 bridgehead atoms. The molecular weight excluding hydrogens is 184 g/mol. The lowest BCUT2D eigenvalue weighted by atomic mass is 10.2. The minimum absolute atomic E-state index is 0.0735. The van der Waals surface area contributed by atoms with E-state index in [1.54, 1.807) is 7.11 Å². The van der Waals surface area contributed by atoms with Gasteiger partial charge in [0.15, 0.2) is 0 Å². The fourth-order valence-electron chi connectivity index (χ4n) is 0.921. The van der Waals surface area contributed by atoms with E-state index in [0.717, 1.165) is 0 Å². The number of hydrogen-bond acceptors (Lipinski definition) is 4. The zero-order valence-corrected chi connectivity index (χ0v) is 8.91. The van der Waals surface area contributed by atoms with Crippen LogP contribution in [-0.4, -0.2) is 45.5 Å². The third kappa shape index (κ3) is 6.82. The normalized spacial score (nSPS) is 12.7. The largest absolute Gasteiger partial charge is 0.385 e. The lowest BCUT2D eigenvalue weighted by molar-refractivity contribution is 0.0116. The zero-order valence-electron chi connectivity index (χ0n) is 8.91. The second-order valence-corrected chi connectivity index (χ2v) is 2.83. The summed E-state index contributed by atoms with van der Waals surface area (Å²) in [7, 11) is 1.63. The summed E-state index contributed by atoms with van der Waals surface area (Å²) >= 11 is 0. The molecule has 0 aromatic rings. The lowest BCUT2D eigenvalue weighted by Gasteiger charge is -2.14. The molecule has 0 rings (SSSR count). The summed E-state index contributed by atoms with van der Waals surface area (Å²) in [6.45, 7) is 4.05. The van der Waals surface area contributed by atoms with E-state index in [4.69, 9.17) is 25.4 Å². The molecule has 0 spiro atoms. The Kier molecular flexibility index (Phi) is 8.51. The first-order valence-corrected chi connectivity index (χ1v) is 4.74. The van der Waals surface area contributed by atoms with Crippen LogP contribution in [0.3, 0.4) is 0 Å². The van der Waals surface area contributed by atoms with Gasteiger partial charge in [0, 0.05) is 7.11 Å². The van der Waals surface area contributed by atoms with Crippen LogP contribution >= 0.6 is 0 Å². The zero-order chi connectivity index (χ0) is 10.8. The number of nitrogens with two attached hydrogens (primary N) is 1. The highest BCUT2D eigenvalue weighted by atomic mass is 16.5. The highest BCUT2D eigenvalue weighted by Crippen LogP contribution is 1.96. The van der Waals surface area contributed by atoms with Crippen LogP contribution in [0.1, 0.15) is 13.3 Å². The molecule has 0 aliphatic rings. The fourth-order valence-corrected chi connectivity index (χ4v) is 0.921. The van der Waals surface area contributed by atoms with Gasteiger partial charge in [-0.2, -0.15) is 0 Å². The summed E-state index contributed by atoms with van der Waals surface area (Å²) in [6, 6.07) is 0. The van der Waals surface area contributed by atoms with E-state index >= 15 is 0 Å². The van der Waals surface area contributed by atoms with Crippen molar-refractivity contribution in [2.24, 2.45) is 5.73 Å². The van der Waals surface area contributed by atoms with Crippen molar-refractivity contribution in [3.05, 3.63) is 0 Å². The highest BCUT2D eigenvalue weighted by Gasteiger charge is 2.08. The molecule has 14 heavy (non-hydrogen) atoms. The summed E-state index contributed by atoms with van der Waals surface area (Å²) in [5, 5.41) is 7.19. The van der Waals surface area contributed by atoms with Gasteiger partial charge in [-0.1, -0.05) is 6.92 Å². The first-order chi connectivity index (χ1) is 6.72. The first-order valence-electron chi connectivity index (χ1n) is 4.74. The van der Waals surface area contributed by atoms with E-state index < -0.39 is 0 Å². The monoisotopic (exact) mass is 204 g/mol. The predicted molar refractivity (Wildman–Crippen MR) is 54.6 cm³/mol. The Morgan fingerprint density at radius 3 is 2.43 bits per heavy atom.